The molecular formula is C56H67N3O24. The molecule has 0 bridgehead atoms. The summed E-state index contributed by atoms with van der Waals surface area (Å²) in [5, 5.41) is 1.24. The Bertz CT molecular complexity index is 2680. The predicted octanol–water partition coefficient (Wildman–Crippen LogP) is 6.58. The van der Waals surface area contributed by atoms with Gasteiger partial charge in [-0.1, -0.05) is 85.2 Å². The molecule has 3 fully saturated rings. The highest BCUT2D eigenvalue weighted by Crippen LogP contribution is 2.22. The van der Waals surface area contributed by atoms with Gasteiger partial charge in [-0.25, -0.2) is 14.4 Å². The molecule has 3 unspecified atom stereocenters. The lowest BCUT2D eigenvalue weighted by molar-refractivity contribution is -0.178. The first-order valence-corrected chi connectivity index (χ1v) is 26.2. The van der Waals surface area contributed by atoms with Crippen LogP contribution in [0.5, 0.6) is 17.2 Å². The number of rotatable bonds is 25. The molecule has 3 aliphatic rings. The number of nitrogens with zero attached hydrogens (tertiary/aromatic N) is 3. The van der Waals surface area contributed by atoms with E-state index in [0.29, 0.717) is 62.2 Å². The van der Waals surface area contributed by atoms with Gasteiger partial charge in [-0.2, -0.15) is 0 Å². The van der Waals surface area contributed by atoms with Crippen LogP contribution >= 0.6 is 0 Å². The summed E-state index contributed by atoms with van der Waals surface area (Å²) >= 11 is 0. The molecule has 3 heterocycles. The third-order valence-corrected chi connectivity index (χ3v) is 11.9. The van der Waals surface area contributed by atoms with E-state index in [1.54, 1.807) is 86.8 Å². The summed E-state index contributed by atoms with van der Waals surface area (Å²) in [4.78, 5) is 153. The minimum atomic E-state index is -1.16. The number of hydrogen-bond donors (Lipinski definition) is 0. The number of hydrogen-bond acceptors (Lipinski definition) is 24. The number of benzene rings is 3. The van der Waals surface area contributed by atoms with Gasteiger partial charge in [0.2, 0.25) is 0 Å². The normalized spacial score (nSPS) is 14.8. The second-order valence-corrected chi connectivity index (χ2v) is 18.8. The number of ether oxygens (including phenoxy) is 9. The van der Waals surface area contributed by atoms with Gasteiger partial charge < -0.3 is 42.6 Å². The SMILES string of the molecule is CCCCC(COC)C(=O)Oc1ccc(COC(=O)ON2C(=O)CCC2=O)cc1.COCC(C(=O)Oc1ccc(COC(=O)ON2C(=O)CCC2=O)cc1)C(C)C.COCC(C)C(=O)Oc1ccc(COC(=O)ON2C(=O)CCC2=O)cc1. The molecule has 0 saturated carbocycles. The Morgan fingerprint density at radius 1 is 0.434 bits per heavy atom. The van der Waals surface area contributed by atoms with Crippen LogP contribution in [0.4, 0.5) is 14.4 Å². The summed E-state index contributed by atoms with van der Waals surface area (Å²) in [5.41, 5.74) is 1.82. The van der Waals surface area contributed by atoms with E-state index in [2.05, 4.69) is 14.5 Å². The predicted molar refractivity (Wildman–Crippen MR) is 279 cm³/mol. The fraction of sp³-hybridized carbons (Fsp3) is 0.464. The van der Waals surface area contributed by atoms with Gasteiger partial charge in [-0.15, -0.1) is 0 Å². The lowest BCUT2D eigenvalue weighted by Crippen LogP contribution is -2.32. The molecule has 0 aliphatic carbocycles. The average Bonchev–Trinajstić information content (AvgIpc) is 4.24. The van der Waals surface area contributed by atoms with Crippen LogP contribution in [0.1, 0.15) is 102 Å². The topological polar surface area (TPSA) is 325 Å². The minimum absolute atomic E-state index is 0.00828. The van der Waals surface area contributed by atoms with Crippen LogP contribution < -0.4 is 14.2 Å². The Labute approximate surface area is 477 Å². The highest BCUT2D eigenvalue weighted by molar-refractivity contribution is 6.02. The van der Waals surface area contributed by atoms with Gasteiger partial charge in [-0.05, 0) is 72.4 Å². The molecular weight excluding hydrogens is 1100 g/mol. The van der Waals surface area contributed by atoms with Crippen molar-refractivity contribution in [3.8, 4) is 17.2 Å². The van der Waals surface area contributed by atoms with Crippen LogP contribution in [0.3, 0.4) is 0 Å². The maximum atomic E-state index is 12.3. The first-order chi connectivity index (χ1) is 39.7. The maximum Gasteiger partial charge on any atom is 0.534 e. The fourth-order valence-corrected chi connectivity index (χ4v) is 7.22. The zero-order chi connectivity index (χ0) is 61.0. The number of carbonyl (C=O) groups excluding carboxylic acids is 12. The molecule has 3 atom stereocenters. The van der Waals surface area contributed by atoms with Crippen molar-refractivity contribution in [3.05, 3.63) is 89.5 Å². The van der Waals surface area contributed by atoms with Crippen molar-refractivity contribution >= 4 is 71.8 Å². The van der Waals surface area contributed by atoms with Crippen LogP contribution in [0.2, 0.25) is 0 Å². The van der Waals surface area contributed by atoms with Crippen molar-refractivity contribution < 1.29 is 115 Å². The third kappa shape index (κ3) is 22.6. The van der Waals surface area contributed by atoms with Gasteiger partial charge in [0.15, 0.2) is 0 Å². The first-order valence-electron chi connectivity index (χ1n) is 26.2. The van der Waals surface area contributed by atoms with Crippen molar-refractivity contribution in [2.24, 2.45) is 23.7 Å². The average molecular weight is 1170 g/mol. The summed E-state index contributed by atoms with van der Waals surface area (Å²) in [6.07, 6.45) is -0.828. The first kappa shape index (κ1) is 66.7. The molecule has 0 N–H and O–H groups in total. The van der Waals surface area contributed by atoms with E-state index in [1.165, 1.54) is 14.2 Å². The number of imide groups is 3. The van der Waals surface area contributed by atoms with Crippen molar-refractivity contribution in [2.45, 2.75) is 105 Å². The molecule has 83 heavy (non-hydrogen) atoms. The van der Waals surface area contributed by atoms with E-state index in [4.69, 9.17) is 42.6 Å². The summed E-state index contributed by atoms with van der Waals surface area (Å²) in [5.74, 6) is -4.61. The summed E-state index contributed by atoms with van der Waals surface area (Å²) in [6.45, 7) is 7.98. The summed E-state index contributed by atoms with van der Waals surface area (Å²) < 4.78 is 45.6. The molecule has 3 aromatic rings. The number of methoxy groups -OCH3 is 3. The van der Waals surface area contributed by atoms with E-state index in [-0.39, 0.29) is 101 Å². The molecule has 3 aromatic carbocycles. The molecule has 27 nitrogen and oxygen atoms in total. The highest BCUT2D eigenvalue weighted by Gasteiger charge is 2.36. The number of carbonyl (C=O) groups is 12. The highest BCUT2D eigenvalue weighted by atomic mass is 16.8. The van der Waals surface area contributed by atoms with Crippen LogP contribution in [0.15, 0.2) is 72.8 Å². The van der Waals surface area contributed by atoms with Crippen LogP contribution in [0, 0.1) is 23.7 Å². The quantitative estimate of drug-likeness (QED) is 0.0374. The number of hydroxylamine groups is 6. The van der Waals surface area contributed by atoms with Gasteiger partial charge in [-0.3, -0.25) is 57.7 Å². The molecule has 0 aromatic heterocycles. The van der Waals surface area contributed by atoms with Gasteiger partial charge in [0, 0.05) is 59.9 Å². The Hall–Kier alpha value is -8.82. The third-order valence-electron chi connectivity index (χ3n) is 11.9. The van der Waals surface area contributed by atoms with Crippen LogP contribution in [-0.2, 0) is 106 Å². The largest absolute Gasteiger partial charge is 0.534 e. The molecule has 27 heteroatoms. The van der Waals surface area contributed by atoms with Crippen LogP contribution in [-0.4, -0.2) is 128 Å². The molecule has 6 amide bonds. The number of esters is 3. The van der Waals surface area contributed by atoms with Crippen LogP contribution in [0.25, 0.3) is 0 Å². The maximum absolute atomic E-state index is 12.3. The number of unbranched alkanes of at least 4 members (excludes halogenated alkanes) is 1. The molecule has 3 saturated heterocycles. The molecule has 3 aliphatic heterocycles. The number of amides is 6. The van der Waals surface area contributed by atoms with Crippen molar-refractivity contribution in [3.63, 3.8) is 0 Å². The Balaban J connectivity index is 0.000000268. The molecule has 0 spiro atoms. The van der Waals surface area contributed by atoms with Gasteiger partial charge in [0.1, 0.15) is 37.1 Å². The zero-order valence-electron chi connectivity index (χ0n) is 47.0. The van der Waals surface area contributed by atoms with E-state index in [0.717, 1.165) is 12.8 Å². The van der Waals surface area contributed by atoms with Gasteiger partial charge >= 0.3 is 36.4 Å². The van der Waals surface area contributed by atoms with Gasteiger partial charge in [0.25, 0.3) is 35.4 Å². The Morgan fingerprint density at radius 3 is 1.05 bits per heavy atom. The van der Waals surface area contributed by atoms with E-state index >= 15 is 0 Å². The smallest absolute Gasteiger partial charge is 0.428 e. The van der Waals surface area contributed by atoms with E-state index in [1.807, 2.05) is 20.8 Å². The van der Waals surface area contributed by atoms with Gasteiger partial charge in [0.05, 0.1) is 37.6 Å². The molecule has 450 valence electrons. The molecule has 0 radical (unpaired) electrons. The van der Waals surface area contributed by atoms with E-state index < -0.39 is 65.8 Å². The Morgan fingerprint density at radius 2 is 0.747 bits per heavy atom. The monoisotopic (exact) mass is 1170 g/mol. The summed E-state index contributed by atoms with van der Waals surface area (Å²) in [6, 6.07) is 19.1. The van der Waals surface area contributed by atoms with E-state index in [9.17, 15) is 57.5 Å². The fourth-order valence-electron chi connectivity index (χ4n) is 7.22. The lowest BCUT2D eigenvalue weighted by atomic mass is 9.97. The zero-order valence-corrected chi connectivity index (χ0v) is 47.0. The standard InChI is InChI=1S/C20H25NO8.C19H23NO8.C17H19NO8/c1-3-4-5-15(13-26-2)19(24)28-16-8-6-14(7-9-16)12-27-20(25)29-21-17(22)10-11-18(21)23;1-12(2)15(11-25-3)18(23)27-14-6-4-13(5-7-14)10-26-19(24)28-20-16(21)8-9-17(20)22;1-11(9-23-2)16(21)25-13-5-3-12(4-6-13)10-24-17(22)26-18-14(19)7-8-15(18)20/h6-9,15H,3-5,10-13H2,1-2H3;4-7,12,15H,8-11H2,1-3H3;3-6,11H,7-10H2,1-2H3. The second-order valence-electron chi connectivity index (χ2n) is 18.8. The van der Waals surface area contributed by atoms with Crippen molar-refractivity contribution in [2.75, 3.05) is 41.2 Å². The Kier molecular flexibility index (Phi) is 27.7. The second kappa shape index (κ2) is 34.5. The van der Waals surface area contributed by atoms with Crippen molar-refractivity contribution in [1.29, 1.82) is 0 Å². The van der Waals surface area contributed by atoms with Crippen molar-refractivity contribution in [1.82, 2.24) is 15.2 Å². The minimum Gasteiger partial charge on any atom is -0.428 e. The molecule has 6 rings (SSSR count). The summed E-state index contributed by atoms with van der Waals surface area (Å²) in [7, 11) is 4.57. The lowest BCUT2D eigenvalue weighted by Gasteiger charge is -2.18.